The smallest absolute Gasteiger partial charge is 0.132 e. The van der Waals surface area contributed by atoms with Crippen LogP contribution in [0.2, 0.25) is 0 Å². The fourth-order valence-electron chi connectivity index (χ4n) is 2.20. The molecule has 0 amide bonds. The van der Waals surface area contributed by atoms with Gasteiger partial charge < -0.3 is 14.4 Å². The number of rotatable bonds is 4. The second-order valence-corrected chi connectivity index (χ2v) is 4.72. The molecule has 20 heavy (non-hydrogen) atoms. The highest BCUT2D eigenvalue weighted by Crippen LogP contribution is 2.20. The molecule has 0 atom stereocenters. The number of pyridine rings is 1. The van der Waals surface area contributed by atoms with Crippen LogP contribution in [0.25, 0.3) is 0 Å². The van der Waals surface area contributed by atoms with Crippen molar-refractivity contribution in [2.75, 3.05) is 31.2 Å². The minimum atomic E-state index is 0.577. The number of hydrogen-bond donors (Lipinski definition) is 0. The van der Waals surface area contributed by atoms with E-state index in [9.17, 15) is 0 Å². The van der Waals surface area contributed by atoms with E-state index in [2.05, 4.69) is 22.0 Å². The molecule has 1 aromatic heterocycles. The Labute approximate surface area is 119 Å². The summed E-state index contributed by atoms with van der Waals surface area (Å²) in [4.78, 5) is 6.63. The largest absolute Gasteiger partial charge is 0.489 e. The van der Waals surface area contributed by atoms with Crippen molar-refractivity contribution in [3.63, 3.8) is 0 Å². The lowest BCUT2D eigenvalue weighted by molar-refractivity contribution is 0.122. The van der Waals surface area contributed by atoms with Crippen molar-refractivity contribution in [3.8, 4) is 5.75 Å². The molecule has 0 N–H and O–H groups in total. The summed E-state index contributed by atoms with van der Waals surface area (Å²) in [7, 11) is 0. The summed E-state index contributed by atoms with van der Waals surface area (Å²) < 4.78 is 11.2. The molecule has 4 heteroatoms. The minimum absolute atomic E-state index is 0.577. The maximum atomic E-state index is 5.83. The molecule has 104 valence electrons. The second-order valence-electron chi connectivity index (χ2n) is 4.72. The van der Waals surface area contributed by atoms with Gasteiger partial charge in [0.1, 0.15) is 18.2 Å². The molecule has 0 spiro atoms. The van der Waals surface area contributed by atoms with Gasteiger partial charge in [-0.2, -0.15) is 0 Å². The van der Waals surface area contributed by atoms with Crippen LogP contribution in [-0.2, 0) is 11.3 Å². The van der Waals surface area contributed by atoms with Crippen LogP contribution >= 0.6 is 0 Å². The number of hydrogen-bond acceptors (Lipinski definition) is 4. The van der Waals surface area contributed by atoms with Crippen LogP contribution in [0.1, 0.15) is 5.56 Å². The zero-order chi connectivity index (χ0) is 13.6. The summed E-state index contributed by atoms with van der Waals surface area (Å²) >= 11 is 0. The summed E-state index contributed by atoms with van der Waals surface area (Å²) in [6.07, 6.45) is 1.80. The van der Waals surface area contributed by atoms with Crippen molar-refractivity contribution in [2.24, 2.45) is 0 Å². The van der Waals surface area contributed by atoms with Crippen molar-refractivity contribution in [1.82, 2.24) is 4.98 Å². The zero-order valence-electron chi connectivity index (χ0n) is 11.4. The lowest BCUT2D eigenvalue weighted by Crippen LogP contribution is -2.36. The Hall–Kier alpha value is -2.07. The molecule has 1 fully saturated rings. The molecule has 0 aliphatic carbocycles. The molecule has 1 aliphatic heterocycles. The predicted molar refractivity (Wildman–Crippen MR) is 78.0 cm³/mol. The summed E-state index contributed by atoms with van der Waals surface area (Å²) in [5, 5.41) is 0. The van der Waals surface area contributed by atoms with Gasteiger partial charge in [-0.25, -0.2) is 4.98 Å². The highest BCUT2D eigenvalue weighted by atomic mass is 16.5. The van der Waals surface area contributed by atoms with Gasteiger partial charge in [0, 0.05) is 25.4 Å². The van der Waals surface area contributed by atoms with Gasteiger partial charge in [0.15, 0.2) is 0 Å². The third-order valence-electron chi connectivity index (χ3n) is 3.30. The Kier molecular flexibility index (Phi) is 4.13. The molecular weight excluding hydrogens is 252 g/mol. The van der Waals surface area contributed by atoms with E-state index in [-0.39, 0.29) is 0 Å². The van der Waals surface area contributed by atoms with Gasteiger partial charge in [-0.15, -0.1) is 0 Å². The SMILES string of the molecule is c1ccc(COc2ccnc(N3CCOCC3)c2)cc1. The van der Waals surface area contributed by atoms with Crippen LogP contribution in [0.3, 0.4) is 0 Å². The number of benzene rings is 1. The van der Waals surface area contributed by atoms with Gasteiger partial charge in [-0.3, -0.25) is 0 Å². The molecule has 2 heterocycles. The lowest BCUT2D eigenvalue weighted by atomic mass is 10.2. The van der Waals surface area contributed by atoms with Gasteiger partial charge in [0.2, 0.25) is 0 Å². The quantitative estimate of drug-likeness (QED) is 0.855. The fraction of sp³-hybridized carbons (Fsp3) is 0.312. The van der Waals surface area contributed by atoms with Gasteiger partial charge >= 0.3 is 0 Å². The number of ether oxygens (including phenoxy) is 2. The third-order valence-corrected chi connectivity index (χ3v) is 3.30. The number of anilines is 1. The molecule has 0 bridgehead atoms. The van der Waals surface area contributed by atoms with Crippen molar-refractivity contribution in [2.45, 2.75) is 6.61 Å². The van der Waals surface area contributed by atoms with E-state index in [0.717, 1.165) is 43.4 Å². The van der Waals surface area contributed by atoms with E-state index in [1.165, 1.54) is 0 Å². The Morgan fingerprint density at radius 1 is 1.10 bits per heavy atom. The summed E-state index contributed by atoms with van der Waals surface area (Å²) in [5.41, 5.74) is 1.16. The van der Waals surface area contributed by atoms with Gasteiger partial charge in [0.05, 0.1) is 13.2 Å². The molecule has 0 radical (unpaired) electrons. The van der Waals surface area contributed by atoms with Crippen molar-refractivity contribution in [1.29, 1.82) is 0 Å². The molecule has 1 aromatic carbocycles. The summed E-state index contributed by atoms with van der Waals surface area (Å²) in [6.45, 7) is 3.87. The first-order valence-electron chi connectivity index (χ1n) is 6.87. The maximum absolute atomic E-state index is 5.83. The van der Waals surface area contributed by atoms with Crippen LogP contribution in [-0.4, -0.2) is 31.3 Å². The molecular formula is C16H18N2O2. The first kappa shape index (κ1) is 12.9. The zero-order valence-corrected chi connectivity index (χ0v) is 11.4. The fourth-order valence-corrected chi connectivity index (χ4v) is 2.20. The number of nitrogens with zero attached hydrogens (tertiary/aromatic N) is 2. The predicted octanol–water partition coefficient (Wildman–Crippen LogP) is 2.50. The highest BCUT2D eigenvalue weighted by Gasteiger charge is 2.12. The normalized spacial score (nSPS) is 15.1. The van der Waals surface area contributed by atoms with Crippen LogP contribution in [0.15, 0.2) is 48.7 Å². The van der Waals surface area contributed by atoms with E-state index in [1.807, 2.05) is 30.3 Å². The first-order chi connectivity index (χ1) is 9.92. The Balaban J connectivity index is 1.65. The van der Waals surface area contributed by atoms with Crippen LogP contribution in [0, 0.1) is 0 Å². The van der Waals surface area contributed by atoms with Gasteiger partial charge in [0.25, 0.3) is 0 Å². The highest BCUT2D eigenvalue weighted by molar-refractivity contribution is 5.43. The Morgan fingerprint density at radius 2 is 1.90 bits per heavy atom. The average Bonchev–Trinajstić information content (AvgIpc) is 2.55. The van der Waals surface area contributed by atoms with E-state index in [0.29, 0.717) is 6.61 Å². The molecule has 2 aromatic rings. The second kappa shape index (κ2) is 6.39. The monoisotopic (exact) mass is 270 g/mol. The summed E-state index contributed by atoms with van der Waals surface area (Å²) in [6, 6.07) is 14.1. The lowest BCUT2D eigenvalue weighted by Gasteiger charge is -2.27. The van der Waals surface area contributed by atoms with E-state index < -0.39 is 0 Å². The van der Waals surface area contributed by atoms with Gasteiger partial charge in [-0.05, 0) is 11.6 Å². The van der Waals surface area contributed by atoms with Crippen molar-refractivity contribution in [3.05, 3.63) is 54.2 Å². The average molecular weight is 270 g/mol. The van der Waals surface area contributed by atoms with E-state index in [4.69, 9.17) is 9.47 Å². The molecule has 0 unspecified atom stereocenters. The van der Waals surface area contributed by atoms with E-state index >= 15 is 0 Å². The minimum Gasteiger partial charge on any atom is -0.489 e. The maximum Gasteiger partial charge on any atom is 0.132 e. The van der Waals surface area contributed by atoms with Crippen LogP contribution in [0.5, 0.6) is 5.75 Å². The molecule has 3 rings (SSSR count). The van der Waals surface area contributed by atoms with E-state index in [1.54, 1.807) is 6.20 Å². The Morgan fingerprint density at radius 3 is 2.70 bits per heavy atom. The van der Waals surface area contributed by atoms with Crippen molar-refractivity contribution >= 4 is 5.82 Å². The van der Waals surface area contributed by atoms with Gasteiger partial charge in [-0.1, -0.05) is 30.3 Å². The number of morpholine rings is 1. The van der Waals surface area contributed by atoms with Crippen LogP contribution in [0.4, 0.5) is 5.82 Å². The number of aromatic nitrogens is 1. The molecule has 0 saturated carbocycles. The Bertz CT molecular complexity index is 539. The standard InChI is InChI=1S/C16H18N2O2/c1-2-4-14(5-3-1)13-20-15-6-7-17-16(12-15)18-8-10-19-11-9-18/h1-7,12H,8-11,13H2. The molecule has 1 aliphatic rings. The van der Waals surface area contributed by atoms with Crippen molar-refractivity contribution < 1.29 is 9.47 Å². The molecule has 1 saturated heterocycles. The first-order valence-corrected chi connectivity index (χ1v) is 6.87. The summed E-state index contributed by atoms with van der Waals surface area (Å²) in [5.74, 6) is 1.81. The van der Waals surface area contributed by atoms with Crippen LogP contribution < -0.4 is 9.64 Å². The molecule has 4 nitrogen and oxygen atoms in total. The third kappa shape index (κ3) is 3.27. The topological polar surface area (TPSA) is 34.6 Å².